The highest BCUT2D eigenvalue weighted by Gasteiger charge is 2.50. The van der Waals surface area contributed by atoms with Gasteiger partial charge < -0.3 is 16.8 Å². The van der Waals surface area contributed by atoms with Gasteiger partial charge in [0.2, 0.25) is 11.8 Å². The molecule has 5 N–H and O–H groups in total. The maximum atomic E-state index is 13.0. The zero-order valence-electron chi connectivity index (χ0n) is 19.4. The molecule has 0 saturated heterocycles. The predicted octanol–water partition coefficient (Wildman–Crippen LogP) is 4.17. The van der Waals surface area contributed by atoms with Crippen molar-refractivity contribution in [3.8, 4) is 0 Å². The van der Waals surface area contributed by atoms with Gasteiger partial charge in [0.15, 0.2) is 0 Å². The van der Waals surface area contributed by atoms with E-state index in [1.807, 2.05) is 30.3 Å². The molecule has 5 atom stereocenters. The van der Waals surface area contributed by atoms with E-state index in [1.165, 1.54) is 0 Å². The Morgan fingerprint density at radius 3 is 2.30 bits per heavy atom. The lowest BCUT2D eigenvalue weighted by atomic mass is 9.57. The minimum atomic E-state index is -0.637. The molecule has 168 valence electrons. The average molecular weight is 416 g/mol. The fourth-order valence-corrected chi connectivity index (χ4v) is 5.40. The number of amides is 2. The second kappa shape index (κ2) is 10.4. The standard InChI is InChI=1S/C25H41N3O2/c1-16(2)13-21(26)23(29)28-22(19-9-7-6-8-10-19)15-25(24(27)30)14-18(5)11-12-20(25)17(3)4/h6-10,16-18,20-22H,11-15,26H2,1-5H3,(H2,27,30)(H,28,29)/t18?,20?,21-,22+,25?/m1/s1. The number of nitrogens with two attached hydrogens (primary N) is 2. The third-order valence-electron chi connectivity index (χ3n) is 6.84. The molecule has 30 heavy (non-hydrogen) atoms. The van der Waals surface area contributed by atoms with Crippen LogP contribution in [0.5, 0.6) is 0 Å². The normalized spacial score (nSPS) is 26.4. The summed E-state index contributed by atoms with van der Waals surface area (Å²) in [6.45, 7) is 10.7. The Kier molecular flexibility index (Phi) is 8.48. The van der Waals surface area contributed by atoms with Crippen LogP contribution >= 0.6 is 0 Å². The van der Waals surface area contributed by atoms with Crippen LogP contribution in [-0.2, 0) is 9.59 Å². The Morgan fingerprint density at radius 2 is 1.77 bits per heavy atom. The van der Waals surface area contributed by atoms with Gasteiger partial charge >= 0.3 is 0 Å². The summed E-state index contributed by atoms with van der Waals surface area (Å²) in [6.07, 6.45) is 4.01. The van der Waals surface area contributed by atoms with Crippen molar-refractivity contribution in [2.45, 2.75) is 78.8 Å². The van der Waals surface area contributed by atoms with E-state index in [0.29, 0.717) is 30.6 Å². The number of primary amides is 1. The molecule has 0 heterocycles. The molecule has 1 aromatic rings. The Bertz CT molecular complexity index is 704. The number of benzene rings is 1. The molecule has 2 rings (SSSR count). The zero-order chi connectivity index (χ0) is 22.5. The summed E-state index contributed by atoms with van der Waals surface area (Å²) in [4.78, 5) is 25.9. The minimum absolute atomic E-state index is 0.165. The van der Waals surface area contributed by atoms with Gasteiger partial charge in [0.1, 0.15) is 0 Å². The van der Waals surface area contributed by atoms with Gasteiger partial charge in [-0.1, -0.05) is 71.4 Å². The molecule has 1 aliphatic rings. The fourth-order valence-electron chi connectivity index (χ4n) is 5.40. The lowest BCUT2D eigenvalue weighted by Gasteiger charge is -2.48. The molecular weight excluding hydrogens is 374 g/mol. The SMILES string of the molecule is CC(C)C[C@@H](N)C(=O)N[C@@H](CC1(C(N)=O)CC(C)CCC1C(C)C)c1ccccc1. The monoisotopic (exact) mass is 415 g/mol. The van der Waals surface area contributed by atoms with Crippen molar-refractivity contribution < 1.29 is 9.59 Å². The molecule has 1 fully saturated rings. The third kappa shape index (κ3) is 5.84. The second-order valence-corrected chi connectivity index (χ2v) is 10.2. The maximum absolute atomic E-state index is 13.0. The van der Waals surface area contributed by atoms with E-state index in [-0.39, 0.29) is 23.8 Å². The number of rotatable bonds is 9. The van der Waals surface area contributed by atoms with Gasteiger partial charge in [-0.2, -0.15) is 0 Å². The van der Waals surface area contributed by atoms with Gasteiger partial charge in [0.05, 0.1) is 17.5 Å². The second-order valence-electron chi connectivity index (χ2n) is 10.2. The van der Waals surface area contributed by atoms with Crippen LogP contribution in [0.3, 0.4) is 0 Å². The first-order valence-corrected chi connectivity index (χ1v) is 11.5. The molecule has 5 heteroatoms. The van der Waals surface area contributed by atoms with Crippen LogP contribution in [0.25, 0.3) is 0 Å². The number of hydrogen-bond donors (Lipinski definition) is 3. The van der Waals surface area contributed by atoms with Gasteiger partial charge in [-0.3, -0.25) is 9.59 Å². The molecule has 2 amide bonds. The van der Waals surface area contributed by atoms with Gasteiger partial charge in [-0.05, 0) is 54.9 Å². The number of carbonyl (C=O) groups is 2. The van der Waals surface area contributed by atoms with Crippen LogP contribution in [0.15, 0.2) is 30.3 Å². The van der Waals surface area contributed by atoms with Crippen LogP contribution in [0, 0.1) is 29.1 Å². The highest BCUT2D eigenvalue weighted by Crippen LogP contribution is 2.51. The zero-order valence-corrected chi connectivity index (χ0v) is 19.4. The molecule has 0 aromatic heterocycles. The molecule has 1 saturated carbocycles. The third-order valence-corrected chi connectivity index (χ3v) is 6.84. The molecule has 1 aromatic carbocycles. The summed E-state index contributed by atoms with van der Waals surface area (Å²) in [7, 11) is 0. The molecular formula is C25H41N3O2. The van der Waals surface area contributed by atoms with Crippen molar-refractivity contribution in [1.82, 2.24) is 5.32 Å². The van der Waals surface area contributed by atoms with E-state index in [4.69, 9.17) is 11.5 Å². The number of nitrogens with one attached hydrogen (secondary N) is 1. The van der Waals surface area contributed by atoms with Crippen molar-refractivity contribution in [3.63, 3.8) is 0 Å². The highest BCUT2D eigenvalue weighted by molar-refractivity contribution is 5.83. The molecule has 0 radical (unpaired) electrons. The van der Waals surface area contributed by atoms with Crippen molar-refractivity contribution in [3.05, 3.63) is 35.9 Å². The van der Waals surface area contributed by atoms with Crippen molar-refractivity contribution in [2.24, 2.45) is 40.6 Å². The molecule has 1 aliphatic carbocycles. The topological polar surface area (TPSA) is 98.2 Å². The van der Waals surface area contributed by atoms with E-state index < -0.39 is 11.5 Å². The lowest BCUT2D eigenvalue weighted by Crippen LogP contribution is -2.52. The Labute approximate surface area is 182 Å². The summed E-state index contributed by atoms with van der Waals surface area (Å²) < 4.78 is 0. The van der Waals surface area contributed by atoms with Crippen molar-refractivity contribution in [2.75, 3.05) is 0 Å². The maximum Gasteiger partial charge on any atom is 0.237 e. The quantitative estimate of drug-likeness (QED) is 0.564. The number of carbonyl (C=O) groups excluding carboxylic acids is 2. The predicted molar refractivity (Wildman–Crippen MR) is 122 cm³/mol. The summed E-state index contributed by atoms with van der Waals surface area (Å²) in [5, 5.41) is 3.17. The average Bonchev–Trinajstić information content (AvgIpc) is 2.67. The summed E-state index contributed by atoms with van der Waals surface area (Å²) in [5.41, 5.74) is 12.6. The van der Waals surface area contributed by atoms with E-state index in [9.17, 15) is 9.59 Å². The van der Waals surface area contributed by atoms with E-state index in [2.05, 4.69) is 39.9 Å². The van der Waals surface area contributed by atoms with Crippen LogP contribution in [-0.4, -0.2) is 17.9 Å². The van der Waals surface area contributed by atoms with Crippen LogP contribution < -0.4 is 16.8 Å². The first-order valence-electron chi connectivity index (χ1n) is 11.5. The Balaban J connectivity index is 2.39. The first kappa shape index (κ1) is 24.4. The van der Waals surface area contributed by atoms with Gasteiger partial charge in [0.25, 0.3) is 0 Å². The Hall–Kier alpha value is -1.88. The van der Waals surface area contributed by atoms with Crippen molar-refractivity contribution >= 4 is 11.8 Å². The summed E-state index contributed by atoms with van der Waals surface area (Å²) >= 11 is 0. The molecule has 5 nitrogen and oxygen atoms in total. The minimum Gasteiger partial charge on any atom is -0.369 e. The Morgan fingerprint density at radius 1 is 1.13 bits per heavy atom. The molecule has 0 spiro atoms. The van der Waals surface area contributed by atoms with Gasteiger partial charge in [-0.15, -0.1) is 0 Å². The number of hydrogen-bond acceptors (Lipinski definition) is 3. The fraction of sp³-hybridized carbons (Fsp3) is 0.680. The van der Waals surface area contributed by atoms with Crippen LogP contribution in [0.2, 0.25) is 0 Å². The first-order chi connectivity index (χ1) is 14.1. The smallest absolute Gasteiger partial charge is 0.237 e. The van der Waals surface area contributed by atoms with Crippen LogP contribution in [0.4, 0.5) is 0 Å². The highest BCUT2D eigenvalue weighted by atomic mass is 16.2. The summed E-state index contributed by atoms with van der Waals surface area (Å²) in [5.74, 6) is 0.917. The van der Waals surface area contributed by atoms with E-state index >= 15 is 0 Å². The van der Waals surface area contributed by atoms with E-state index in [1.54, 1.807) is 0 Å². The molecule has 3 unspecified atom stereocenters. The van der Waals surface area contributed by atoms with Crippen molar-refractivity contribution in [1.29, 1.82) is 0 Å². The lowest BCUT2D eigenvalue weighted by molar-refractivity contribution is -0.138. The van der Waals surface area contributed by atoms with E-state index in [0.717, 1.165) is 24.8 Å². The van der Waals surface area contributed by atoms with Crippen LogP contribution in [0.1, 0.15) is 78.3 Å². The molecule has 0 aliphatic heterocycles. The van der Waals surface area contributed by atoms with Gasteiger partial charge in [0, 0.05) is 0 Å². The summed E-state index contributed by atoms with van der Waals surface area (Å²) in [6, 6.07) is 9.03. The largest absolute Gasteiger partial charge is 0.369 e. The van der Waals surface area contributed by atoms with Gasteiger partial charge in [-0.25, -0.2) is 0 Å². The molecule has 0 bridgehead atoms.